The van der Waals surface area contributed by atoms with E-state index in [0.29, 0.717) is 0 Å². The van der Waals surface area contributed by atoms with Crippen molar-refractivity contribution in [3.05, 3.63) is 54.0 Å². The number of allylic oxidation sites excluding steroid dienone is 2. The first-order chi connectivity index (χ1) is 7.17. The molecule has 1 heterocycles. The zero-order chi connectivity index (χ0) is 11.3. The van der Waals surface area contributed by atoms with E-state index in [1.54, 1.807) is 6.08 Å². The number of hydrogen-bond donors (Lipinski definition) is 0. The van der Waals surface area contributed by atoms with Crippen LogP contribution < -0.4 is 0 Å². The second kappa shape index (κ2) is 5.25. The lowest BCUT2D eigenvalue weighted by molar-refractivity contribution is 1.25. The molecule has 0 aliphatic heterocycles. The van der Waals surface area contributed by atoms with Gasteiger partial charge in [-0.3, -0.25) is 9.98 Å². The minimum Gasteiger partial charge on any atom is -0.264 e. The van der Waals surface area contributed by atoms with Gasteiger partial charge in [0.2, 0.25) is 0 Å². The Hall–Kier alpha value is -1.70. The number of aryl methyl sites for hydroxylation is 1. The SMILES string of the molecule is C=CC(=C/C)/N=C(\C)c1cncc(C)c1. The summed E-state index contributed by atoms with van der Waals surface area (Å²) < 4.78 is 0. The monoisotopic (exact) mass is 200 g/mol. The maximum absolute atomic E-state index is 4.44. The summed E-state index contributed by atoms with van der Waals surface area (Å²) in [5.41, 5.74) is 4.03. The van der Waals surface area contributed by atoms with Gasteiger partial charge >= 0.3 is 0 Å². The van der Waals surface area contributed by atoms with Crippen molar-refractivity contribution in [2.45, 2.75) is 20.8 Å². The predicted molar refractivity (Wildman–Crippen MR) is 65.1 cm³/mol. The highest BCUT2D eigenvalue weighted by Gasteiger charge is 1.98. The maximum atomic E-state index is 4.44. The van der Waals surface area contributed by atoms with Crippen molar-refractivity contribution in [1.82, 2.24) is 4.98 Å². The van der Waals surface area contributed by atoms with E-state index < -0.39 is 0 Å². The summed E-state index contributed by atoms with van der Waals surface area (Å²) in [7, 11) is 0. The smallest absolute Gasteiger partial charge is 0.0584 e. The molecule has 0 fully saturated rings. The summed E-state index contributed by atoms with van der Waals surface area (Å²) in [4.78, 5) is 8.58. The summed E-state index contributed by atoms with van der Waals surface area (Å²) in [5.74, 6) is 0. The number of pyridine rings is 1. The molecule has 0 amide bonds. The maximum Gasteiger partial charge on any atom is 0.0584 e. The summed E-state index contributed by atoms with van der Waals surface area (Å²) in [6.07, 6.45) is 7.33. The third-order valence-electron chi connectivity index (χ3n) is 2.09. The molecule has 0 aromatic carbocycles. The van der Waals surface area contributed by atoms with E-state index in [2.05, 4.69) is 22.6 Å². The minimum absolute atomic E-state index is 0.883. The van der Waals surface area contributed by atoms with Crippen LogP contribution in [0.25, 0.3) is 0 Å². The second-order valence-electron chi connectivity index (χ2n) is 3.37. The van der Waals surface area contributed by atoms with Gasteiger partial charge in [0.1, 0.15) is 0 Å². The summed E-state index contributed by atoms with van der Waals surface area (Å²) >= 11 is 0. The average Bonchev–Trinajstić information content (AvgIpc) is 2.25. The minimum atomic E-state index is 0.883. The Bertz CT molecular complexity index is 414. The largest absolute Gasteiger partial charge is 0.264 e. The molecule has 1 aromatic rings. The first-order valence-electron chi connectivity index (χ1n) is 4.93. The number of rotatable bonds is 3. The van der Waals surface area contributed by atoms with Crippen molar-refractivity contribution in [2.75, 3.05) is 0 Å². The van der Waals surface area contributed by atoms with E-state index >= 15 is 0 Å². The van der Waals surface area contributed by atoms with Crippen LogP contribution in [0.2, 0.25) is 0 Å². The van der Waals surface area contributed by atoms with Gasteiger partial charge in [-0.25, -0.2) is 0 Å². The van der Waals surface area contributed by atoms with Crippen LogP contribution in [0.5, 0.6) is 0 Å². The van der Waals surface area contributed by atoms with Gasteiger partial charge in [-0.15, -0.1) is 0 Å². The van der Waals surface area contributed by atoms with E-state index in [0.717, 1.165) is 22.5 Å². The lowest BCUT2D eigenvalue weighted by atomic mass is 10.1. The zero-order valence-electron chi connectivity index (χ0n) is 9.49. The van der Waals surface area contributed by atoms with Crippen LogP contribution in [0.15, 0.2) is 47.9 Å². The predicted octanol–water partition coefficient (Wildman–Crippen LogP) is 3.29. The van der Waals surface area contributed by atoms with Gasteiger partial charge in [-0.2, -0.15) is 0 Å². The molecule has 0 unspecified atom stereocenters. The molecule has 78 valence electrons. The number of aromatic nitrogens is 1. The molecule has 1 rings (SSSR count). The lowest BCUT2D eigenvalue weighted by Crippen LogP contribution is -1.96. The molecule has 0 N–H and O–H groups in total. The second-order valence-corrected chi connectivity index (χ2v) is 3.37. The normalized spacial score (nSPS) is 12.7. The Kier molecular flexibility index (Phi) is 3.98. The third-order valence-corrected chi connectivity index (χ3v) is 2.09. The molecular weight excluding hydrogens is 184 g/mol. The number of aliphatic imine (C=N–C) groups is 1. The van der Waals surface area contributed by atoms with Crippen molar-refractivity contribution >= 4 is 5.71 Å². The molecular formula is C13H16N2. The summed E-state index contributed by atoms with van der Waals surface area (Å²) in [6, 6.07) is 2.07. The Morgan fingerprint density at radius 3 is 2.73 bits per heavy atom. The van der Waals surface area contributed by atoms with Crippen LogP contribution in [-0.4, -0.2) is 10.7 Å². The van der Waals surface area contributed by atoms with Crippen LogP contribution in [-0.2, 0) is 0 Å². The fourth-order valence-electron chi connectivity index (χ4n) is 1.24. The number of hydrogen-bond acceptors (Lipinski definition) is 2. The fraction of sp³-hybridized carbons (Fsp3) is 0.231. The summed E-state index contributed by atoms with van der Waals surface area (Å²) in [6.45, 7) is 9.65. The standard InChI is InChI=1S/C13H16N2/c1-5-13(6-2)15-11(4)12-7-10(3)8-14-9-12/h5-9H,1H2,2-4H3/b13-6-,15-11+. The summed E-state index contributed by atoms with van der Waals surface area (Å²) in [5, 5.41) is 0. The molecule has 15 heavy (non-hydrogen) atoms. The van der Waals surface area contributed by atoms with Crippen LogP contribution in [0.1, 0.15) is 25.0 Å². The molecule has 0 atom stereocenters. The van der Waals surface area contributed by atoms with E-state index in [4.69, 9.17) is 0 Å². The van der Waals surface area contributed by atoms with Gasteiger partial charge in [-0.05, 0) is 38.5 Å². The molecule has 0 spiro atoms. The highest BCUT2D eigenvalue weighted by molar-refractivity contribution is 5.99. The molecule has 2 heteroatoms. The molecule has 0 aliphatic carbocycles. The Morgan fingerprint density at radius 1 is 1.47 bits per heavy atom. The van der Waals surface area contributed by atoms with Gasteiger partial charge in [-0.1, -0.05) is 12.7 Å². The fourth-order valence-corrected chi connectivity index (χ4v) is 1.24. The Balaban J connectivity index is 3.03. The molecule has 2 nitrogen and oxygen atoms in total. The average molecular weight is 200 g/mol. The van der Waals surface area contributed by atoms with Crippen molar-refractivity contribution in [3.8, 4) is 0 Å². The Labute approximate surface area is 91.1 Å². The first kappa shape index (κ1) is 11.4. The molecule has 0 aliphatic rings. The van der Waals surface area contributed by atoms with Crippen molar-refractivity contribution in [2.24, 2.45) is 4.99 Å². The van der Waals surface area contributed by atoms with Crippen molar-refractivity contribution in [3.63, 3.8) is 0 Å². The van der Waals surface area contributed by atoms with E-state index in [1.807, 2.05) is 39.2 Å². The molecule has 0 bridgehead atoms. The van der Waals surface area contributed by atoms with Crippen LogP contribution >= 0.6 is 0 Å². The van der Waals surface area contributed by atoms with E-state index in [-0.39, 0.29) is 0 Å². The quantitative estimate of drug-likeness (QED) is 0.543. The van der Waals surface area contributed by atoms with Crippen molar-refractivity contribution < 1.29 is 0 Å². The van der Waals surface area contributed by atoms with Gasteiger partial charge < -0.3 is 0 Å². The molecule has 0 saturated heterocycles. The van der Waals surface area contributed by atoms with Crippen LogP contribution in [0.4, 0.5) is 0 Å². The van der Waals surface area contributed by atoms with Crippen molar-refractivity contribution in [1.29, 1.82) is 0 Å². The molecule has 0 saturated carbocycles. The van der Waals surface area contributed by atoms with Gasteiger partial charge in [0.15, 0.2) is 0 Å². The van der Waals surface area contributed by atoms with Crippen LogP contribution in [0.3, 0.4) is 0 Å². The topological polar surface area (TPSA) is 25.2 Å². The van der Waals surface area contributed by atoms with E-state index in [9.17, 15) is 0 Å². The Morgan fingerprint density at radius 2 is 2.20 bits per heavy atom. The third kappa shape index (κ3) is 3.17. The van der Waals surface area contributed by atoms with Gasteiger partial charge in [0.25, 0.3) is 0 Å². The lowest BCUT2D eigenvalue weighted by Gasteiger charge is -2.01. The van der Waals surface area contributed by atoms with Crippen LogP contribution in [0, 0.1) is 6.92 Å². The first-order valence-corrected chi connectivity index (χ1v) is 4.93. The highest BCUT2D eigenvalue weighted by atomic mass is 14.8. The van der Waals surface area contributed by atoms with Gasteiger partial charge in [0, 0.05) is 23.7 Å². The highest BCUT2D eigenvalue weighted by Crippen LogP contribution is 2.06. The molecule has 0 radical (unpaired) electrons. The van der Waals surface area contributed by atoms with Gasteiger partial charge in [0.05, 0.1) is 5.70 Å². The number of nitrogens with zero attached hydrogens (tertiary/aromatic N) is 2. The van der Waals surface area contributed by atoms with E-state index in [1.165, 1.54) is 0 Å². The zero-order valence-corrected chi connectivity index (χ0v) is 9.49. The molecule has 1 aromatic heterocycles.